The third-order valence-electron chi connectivity index (χ3n) is 5.02. The lowest BCUT2D eigenvalue weighted by atomic mass is 9.92. The van der Waals surface area contributed by atoms with Crippen LogP contribution in [-0.2, 0) is 0 Å². The summed E-state index contributed by atoms with van der Waals surface area (Å²) in [7, 11) is 0. The van der Waals surface area contributed by atoms with E-state index in [4.69, 9.17) is 0 Å². The Morgan fingerprint density at radius 1 is 0.625 bits per heavy atom. The second-order valence-electron chi connectivity index (χ2n) is 8.01. The Hall–Kier alpha value is -1.30. The summed E-state index contributed by atoms with van der Waals surface area (Å²) >= 11 is 0. The van der Waals surface area contributed by atoms with Gasteiger partial charge in [0, 0.05) is 0 Å². The summed E-state index contributed by atoms with van der Waals surface area (Å²) < 4.78 is 0. The molecule has 3 rings (SSSR count). The molecule has 0 bridgehead atoms. The van der Waals surface area contributed by atoms with Crippen LogP contribution in [-0.4, -0.2) is 0 Å². The highest BCUT2D eigenvalue weighted by atomic mass is 14.1. The Bertz CT molecular complexity index is 466. The first-order chi connectivity index (χ1) is 11.4. The zero-order valence-electron chi connectivity index (χ0n) is 16.9. The monoisotopic (exact) mass is 326 g/mol. The fourth-order valence-electron chi connectivity index (χ4n) is 2.83. The average molecular weight is 327 g/mol. The zero-order valence-corrected chi connectivity index (χ0v) is 16.9. The number of rotatable bonds is 0. The second kappa shape index (κ2) is 11.3. The van der Waals surface area contributed by atoms with E-state index in [1.54, 1.807) is 11.1 Å². The molecule has 0 aromatic heterocycles. The third-order valence-corrected chi connectivity index (χ3v) is 5.02. The number of aryl methyl sites for hydroxylation is 2. The van der Waals surface area contributed by atoms with Crippen LogP contribution < -0.4 is 0 Å². The Morgan fingerprint density at radius 3 is 1.17 bits per heavy atom. The standard InChI is InChI=1S/2C8H14.C8H10/c3*1-7-3-5-8(2)6-4-7/h2*3,8H,4-6H2,1-2H3;3-6H,1-2H3. The van der Waals surface area contributed by atoms with Crippen molar-refractivity contribution in [1.29, 1.82) is 0 Å². The van der Waals surface area contributed by atoms with Crippen molar-refractivity contribution in [3.05, 3.63) is 58.7 Å². The van der Waals surface area contributed by atoms with E-state index in [0.717, 1.165) is 11.8 Å². The average Bonchev–Trinajstić information content (AvgIpc) is 2.57. The molecule has 0 saturated heterocycles. The highest BCUT2D eigenvalue weighted by Crippen LogP contribution is 2.22. The topological polar surface area (TPSA) is 0 Å². The van der Waals surface area contributed by atoms with E-state index in [1.807, 2.05) is 0 Å². The van der Waals surface area contributed by atoms with Crippen molar-refractivity contribution in [2.45, 2.75) is 80.1 Å². The Balaban J connectivity index is 0.000000180. The summed E-state index contributed by atoms with van der Waals surface area (Å²) in [6.45, 7) is 13.3. The van der Waals surface area contributed by atoms with Crippen LogP contribution >= 0.6 is 0 Å². The van der Waals surface area contributed by atoms with Gasteiger partial charge in [-0.05, 0) is 78.1 Å². The van der Waals surface area contributed by atoms with Gasteiger partial charge in [-0.25, -0.2) is 0 Å². The maximum absolute atomic E-state index is 2.37. The van der Waals surface area contributed by atoms with Gasteiger partial charge in [-0.2, -0.15) is 0 Å². The van der Waals surface area contributed by atoms with E-state index in [0.29, 0.717) is 0 Å². The lowest BCUT2D eigenvalue weighted by molar-refractivity contribution is 0.514. The molecule has 0 saturated carbocycles. The third kappa shape index (κ3) is 9.75. The summed E-state index contributed by atoms with van der Waals surface area (Å²) in [4.78, 5) is 0. The van der Waals surface area contributed by atoms with Crippen LogP contribution in [0.15, 0.2) is 47.6 Å². The van der Waals surface area contributed by atoms with Gasteiger partial charge in [-0.3, -0.25) is 0 Å². The smallest absolute Gasteiger partial charge is 0.0320 e. The molecule has 2 unspecified atom stereocenters. The van der Waals surface area contributed by atoms with Gasteiger partial charge in [0.2, 0.25) is 0 Å². The van der Waals surface area contributed by atoms with Crippen molar-refractivity contribution in [2.75, 3.05) is 0 Å². The first-order valence-corrected chi connectivity index (χ1v) is 9.71. The van der Waals surface area contributed by atoms with Crippen molar-refractivity contribution in [1.82, 2.24) is 0 Å². The predicted molar refractivity (Wildman–Crippen MR) is 109 cm³/mol. The van der Waals surface area contributed by atoms with Gasteiger partial charge < -0.3 is 0 Å². The minimum Gasteiger partial charge on any atom is -0.0853 e. The van der Waals surface area contributed by atoms with Crippen LogP contribution in [0.25, 0.3) is 0 Å². The molecular formula is C24H38. The highest BCUT2D eigenvalue weighted by molar-refractivity contribution is 5.19. The molecule has 0 aliphatic heterocycles. The second-order valence-corrected chi connectivity index (χ2v) is 8.01. The minimum absolute atomic E-state index is 0.943. The Kier molecular flexibility index (Phi) is 9.76. The largest absolute Gasteiger partial charge is 0.0853 e. The molecular weight excluding hydrogens is 288 g/mol. The fourth-order valence-corrected chi connectivity index (χ4v) is 2.83. The molecule has 1 aromatic rings. The maximum Gasteiger partial charge on any atom is -0.0320 e. The Labute approximate surface area is 151 Å². The summed E-state index contributed by atoms with van der Waals surface area (Å²) in [5.74, 6) is 1.89. The van der Waals surface area contributed by atoms with Crippen molar-refractivity contribution >= 4 is 0 Å². The number of allylic oxidation sites excluding steroid dienone is 4. The molecule has 1 aromatic carbocycles. The summed E-state index contributed by atoms with van der Waals surface area (Å²) in [5, 5.41) is 0. The SMILES string of the molecule is CC1=CCC(C)CC1.CC1=CCC(C)CC1.Cc1ccc(C)cc1. The quantitative estimate of drug-likeness (QED) is 0.426. The molecule has 134 valence electrons. The first kappa shape index (κ1) is 20.7. The van der Waals surface area contributed by atoms with Crippen LogP contribution in [0.2, 0.25) is 0 Å². The predicted octanol–water partition coefficient (Wildman–Crippen LogP) is 7.81. The summed E-state index contributed by atoms with van der Waals surface area (Å²) in [6.07, 6.45) is 12.8. The van der Waals surface area contributed by atoms with Crippen LogP contribution in [0, 0.1) is 25.7 Å². The minimum atomic E-state index is 0.943. The van der Waals surface area contributed by atoms with E-state index in [-0.39, 0.29) is 0 Å². The van der Waals surface area contributed by atoms with E-state index < -0.39 is 0 Å². The molecule has 2 aliphatic carbocycles. The number of hydrogen-bond acceptors (Lipinski definition) is 0. The van der Waals surface area contributed by atoms with Gasteiger partial charge in [-0.1, -0.05) is 72.5 Å². The Morgan fingerprint density at radius 2 is 0.958 bits per heavy atom. The van der Waals surface area contributed by atoms with Crippen molar-refractivity contribution < 1.29 is 0 Å². The maximum atomic E-state index is 2.37. The van der Waals surface area contributed by atoms with E-state index >= 15 is 0 Å². The van der Waals surface area contributed by atoms with Gasteiger partial charge in [0.1, 0.15) is 0 Å². The number of benzene rings is 1. The van der Waals surface area contributed by atoms with Crippen LogP contribution in [0.5, 0.6) is 0 Å². The van der Waals surface area contributed by atoms with Crippen molar-refractivity contribution in [3.8, 4) is 0 Å². The van der Waals surface area contributed by atoms with Crippen LogP contribution in [0.1, 0.15) is 77.3 Å². The van der Waals surface area contributed by atoms with Crippen LogP contribution in [0.4, 0.5) is 0 Å². The van der Waals surface area contributed by atoms with Gasteiger partial charge in [0.15, 0.2) is 0 Å². The van der Waals surface area contributed by atoms with Gasteiger partial charge in [0.05, 0.1) is 0 Å². The lowest BCUT2D eigenvalue weighted by Crippen LogP contribution is -1.98. The van der Waals surface area contributed by atoms with Gasteiger partial charge >= 0.3 is 0 Å². The van der Waals surface area contributed by atoms with Gasteiger partial charge in [-0.15, -0.1) is 0 Å². The van der Waals surface area contributed by atoms with Gasteiger partial charge in [0.25, 0.3) is 0 Å². The highest BCUT2D eigenvalue weighted by Gasteiger charge is 2.05. The molecule has 2 atom stereocenters. The molecule has 0 radical (unpaired) electrons. The van der Waals surface area contributed by atoms with E-state index in [9.17, 15) is 0 Å². The molecule has 0 N–H and O–H groups in total. The fraction of sp³-hybridized carbons (Fsp3) is 0.583. The van der Waals surface area contributed by atoms with Crippen molar-refractivity contribution in [2.24, 2.45) is 11.8 Å². The summed E-state index contributed by atoms with van der Waals surface area (Å²) in [6, 6.07) is 8.48. The lowest BCUT2D eigenvalue weighted by Gasteiger charge is -2.14. The molecule has 0 nitrogen and oxygen atoms in total. The molecule has 0 fully saturated rings. The molecule has 0 heteroatoms. The zero-order chi connectivity index (χ0) is 17.9. The van der Waals surface area contributed by atoms with E-state index in [2.05, 4.69) is 78.0 Å². The first-order valence-electron chi connectivity index (χ1n) is 9.71. The van der Waals surface area contributed by atoms with E-state index in [1.165, 1.54) is 49.7 Å². The molecule has 2 aliphatic rings. The van der Waals surface area contributed by atoms with Crippen molar-refractivity contribution in [3.63, 3.8) is 0 Å². The number of hydrogen-bond donors (Lipinski definition) is 0. The molecule has 0 spiro atoms. The molecule has 24 heavy (non-hydrogen) atoms. The summed E-state index contributed by atoms with van der Waals surface area (Å²) in [5.41, 5.74) is 5.83. The molecule has 0 heterocycles. The van der Waals surface area contributed by atoms with Crippen LogP contribution in [0.3, 0.4) is 0 Å². The normalized spacial score (nSPS) is 22.9. The molecule has 0 amide bonds.